The lowest BCUT2D eigenvalue weighted by molar-refractivity contribution is 0.122. The molecule has 1 aromatic carbocycles. The van der Waals surface area contributed by atoms with Gasteiger partial charge in [0.25, 0.3) is 5.56 Å². The van der Waals surface area contributed by atoms with E-state index < -0.39 is 0 Å². The fraction of sp³-hybridized carbons (Fsp3) is 0.304. The molecular weight excluding hydrogens is 408 g/mol. The SMILES string of the molecule is Cn1cnc2cc(-c3ccc(N4CCOCC4)cc3)nc(OCCn3ccnc3)c2c1=O. The molecule has 9 heteroatoms. The highest BCUT2D eigenvalue weighted by atomic mass is 16.5. The van der Waals surface area contributed by atoms with E-state index in [0.29, 0.717) is 35.6 Å². The van der Waals surface area contributed by atoms with Crippen molar-refractivity contribution in [2.75, 3.05) is 37.8 Å². The molecule has 0 atom stereocenters. The number of morpholine rings is 1. The third-order valence-electron chi connectivity index (χ3n) is 5.56. The van der Waals surface area contributed by atoms with Crippen LogP contribution in [-0.4, -0.2) is 57.0 Å². The summed E-state index contributed by atoms with van der Waals surface area (Å²) in [4.78, 5) is 28.3. The molecule has 32 heavy (non-hydrogen) atoms. The van der Waals surface area contributed by atoms with Crippen LogP contribution in [0.5, 0.6) is 5.88 Å². The van der Waals surface area contributed by atoms with E-state index in [2.05, 4.69) is 27.0 Å². The maximum Gasteiger partial charge on any atom is 0.266 e. The quantitative estimate of drug-likeness (QED) is 0.461. The lowest BCUT2D eigenvalue weighted by atomic mass is 10.1. The Labute approximate surface area is 184 Å². The molecule has 1 saturated heterocycles. The fourth-order valence-electron chi connectivity index (χ4n) is 3.77. The molecule has 4 heterocycles. The highest BCUT2D eigenvalue weighted by molar-refractivity contribution is 5.86. The fourth-order valence-corrected chi connectivity index (χ4v) is 3.77. The van der Waals surface area contributed by atoms with Crippen LogP contribution in [0.3, 0.4) is 0 Å². The third kappa shape index (κ3) is 4.06. The van der Waals surface area contributed by atoms with Crippen LogP contribution in [0.25, 0.3) is 22.2 Å². The Balaban J connectivity index is 1.47. The molecule has 0 radical (unpaired) electrons. The summed E-state index contributed by atoms with van der Waals surface area (Å²) in [7, 11) is 1.67. The van der Waals surface area contributed by atoms with Gasteiger partial charge in [0.1, 0.15) is 12.0 Å². The topological polar surface area (TPSA) is 87.3 Å². The van der Waals surface area contributed by atoms with Crippen LogP contribution in [0, 0.1) is 0 Å². The van der Waals surface area contributed by atoms with Crippen LogP contribution in [0.4, 0.5) is 5.69 Å². The molecule has 5 rings (SSSR count). The summed E-state index contributed by atoms with van der Waals surface area (Å²) in [6.07, 6.45) is 6.82. The first-order valence-electron chi connectivity index (χ1n) is 10.6. The maximum atomic E-state index is 12.8. The number of ether oxygens (including phenoxy) is 2. The van der Waals surface area contributed by atoms with Gasteiger partial charge < -0.3 is 23.5 Å². The van der Waals surface area contributed by atoms with Crippen LogP contribution in [0.15, 0.2) is 60.2 Å². The number of hydrogen-bond donors (Lipinski definition) is 0. The van der Waals surface area contributed by atoms with Gasteiger partial charge in [-0.2, -0.15) is 0 Å². The molecule has 1 aliphatic rings. The largest absolute Gasteiger partial charge is 0.475 e. The van der Waals surface area contributed by atoms with Crippen molar-refractivity contribution in [3.05, 3.63) is 65.7 Å². The number of nitrogens with zero attached hydrogens (tertiary/aromatic N) is 6. The van der Waals surface area contributed by atoms with E-state index in [-0.39, 0.29) is 5.56 Å². The second-order valence-electron chi connectivity index (χ2n) is 7.66. The minimum absolute atomic E-state index is 0.186. The summed E-state index contributed by atoms with van der Waals surface area (Å²) in [6.45, 7) is 4.21. The van der Waals surface area contributed by atoms with E-state index in [1.807, 2.05) is 29.0 Å². The van der Waals surface area contributed by atoms with Crippen molar-refractivity contribution in [1.82, 2.24) is 24.1 Å². The van der Waals surface area contributed by atoms with Crippen molar-refractivity contribution in [3.8, 4) is 17.1 Å². The summed E-state index contributed by atoms with van der Waals surface area (Å²) in [5, 5.41) is 0.384. The molecule has 0 unspecified atom stereocenters. The van der Waals surface area contributed by atoms with Crippen LogP contribution in [-0.2, 0) is 18.3 Å². The van der Waals surface area contributed by atoms with Gasteiger partial charge in [0.05, 0.1) is 43.6 Å². The number of anilines is 1. The maximum absolute atomic E-state index is 12.8. The summed E-state index contributed by atoms with van der Waals surface area (Å²) < 4.78 is 14.8. The van der Waals surface area contributed by atoms with Gasteiger partial charge in [0, 0.05) is 43.8 Å². The Kier molecular flexibility index (Phi) is 5.55. The zero-order valence-electron chi connectivity index (χ0n) is 17.8. The van der Waals surface area contributed by atoms with Crippen LogP contribution in [0.1, 0.15) is 0 Å². The first-order valence-corrected chi connectivity index (χ1v) is 10.6. The standard InChI is InChI=1S/C23H24N6O3/c1-27-16-25-20-14-19(17-2-4-18(5-3-17)29-9-11-31-12-10-29)26-22(21(20)23(27)30)32-13-8-28-7-6-24-15-28/h2-7,14-16H,8-13H2,1H3. The van der Waals surface area contributed by atoms with E-state index in [9.17, 15) is 4.79 Å². The highest BCUT2D eigenvalue weighted by Gasteiger charge is 2.16. The normalized spacial score (nSPS) is 14.1. The molecule has 0 saturated carbocycles. The Morgan fingerprint density at radius 1 is 1.12 bits per heavy atom. The van der Waals surface area contributed by atoms with Crippen molar-refractivity contribution in [3.63, 3.8) is 0 Å². The minimum atomic E-state index is -0.186. The van der Waals surface area contributed by atoms with Crippen molar-refractivity contribution in [2.45, 2.75) is 6.54 Å². The van der Waals surface area contributed by atoms with E-state index in [1.54, 1.807) is 19.6 Å². The van der Waals surface area contributed by atoms with Gasteiger partial charge in [0.15, 0.2) is 0 Å². The Morgan fingerprint density at radius 2 is 1.94 bits per heavy atom. The van der Waals surface area contributed by atoms with Gasteiger partial charge in [-0.15, -0.1) is 0 Å². The van der Waals surface area contributed by atoms with Crippen molar-refractivity contribution in [1.29, 1.82) is 0 Å². The second-order valence-corrected chi connectivity index (χ2v) is 7.66. The molecule has 0 aliphatic carbocycles. The first kappa shape index (κ1) is 20.2. The summed E-state index contributed by atoms with van der Waals surface area (Å²) >= 11 is 0. The van der Waals surface area contributed by atoms with Crippen LogP contribution < -0.4 is 15.2 Å². The molecular formula is C23H24N6O3. The minimum Gasteiger partial charge on any atom is -0.475 e. The van der Waals surface area contributed by atoms with Gasteiger partial charge >= 0.3 is 0 Å². The van der Waals surface area contributed by atoms with E-state index in [4.69, 9.17) is 14.5 Å². The van der Waals surface area contributed by atoms with E-state index in [1.165, 1.54) is 10.9 Å². The molecule has 0 bridgehead atoms. The average molecular weight is 432 g/mol. The van der Waals surface area contributed by atoms with Gasteiger partial charge in [-0.3, -0.25) is 4.79 Å². The number of pyridine rings is 1. The third-order valence-corrected chi connectivity index (χ3v) is 5.56. The van der Waals surface area contributed by atoms with Crippen molar-refractivity contribution >= 4 is 16.6 Å². The summed E-state index contributed by atoms with van der Waals surface area (Å²) in [5.74, 6) is 0.295. The zero-order valence-corrected chi connectivity index (χ0v) is 17.8. The number of benzene rings is 1. The predicted octanol–water partition coefficient (Wildman–Crippen LogP) is 2.11. The van der Waals surface area contributed by atoms with Gasteiger partial charge in [-0.1, -0.05) is 12.1 Å². The van der Waals surface area contributed by atoms with Gasteiger partial charge in [-0.05, 0) is 18.2 Å². The smallest absolute Gasteiger partial charge is 0.266 e. The van der Waals surface area contributed by atoms with Gasteiger partial charge in [0.2, 0.25) is 5.88 Å². The molecule has 164 valence electrons. The zero-order chi connectivity index (χ0) is 21.9. The number of aryl methyl sites for hydroxylation is 1. The van der Waals surface area contributed by atoms with Gasteiger partial charge in [-0.25, -0.2) is 15.0 Å². The Bertz CT molecular complexity index is 1260. The molecule has 1 fully saturated rings. The average Bonchev–Trinajstić information content (AvgIpc) is 3.35. The highest BCUT2D eigenvalue weighted by Crippen LogP contribution is 2.28. The van der Waals surface area contributed by atoms with Crippen molar-refractivity contribution in [2.24, 2.45) is 7.05 Å². The molecule has 4 aromatic rings. The van der Waals surface area contributed by atoms with Crippen LogP contribution in [0.2, 0.25) is 0 Å². The lowest BCUT2D eigenvalue weighted by Crippen LogP contribution is -2.36. The number of hydrogen-bond acceptors (Lipinski definition) is 7. The lowest BCUT2D eigenvalue weighted by Gasteiger charge is -2.28. The predicted molar refractivity (Wildman–Crippen MR) is 121 cm³/mol. The molecule has 1 aliphatic heterocycles. The van der Waals surface area contributed by atoms with E-state index >= 15 is 0 Å². The molecule has 3 aromatic heterocycles. The monoisotopic (exact) mass is 432 g/mol. The summed E-state index contributed by atoms with van der Waals surface area (Å²) in [6, 6.07) is 10.1. The number of fused-ring (bicyclic) bond motifs is 1. The molecule has 0 amide bonds. The Hall–Kier alpha value is -3.72. The molecule has 9 nitrogen and oxygen atoms in total. The Morgan fingerprint density at radius 3 is 2.69 bits per heavy atom. The molecule has 0 N–H and O–H groups in total. The number of aromatic nitrogens is 5. The van der Waals surface area contributed by atoms with Crippen molar-refractivity contribution < 1.29 is 9.47 Å². The number of imidazole rings is 1. The first-order chi connectivity index (χ1) is 15.7. The molecule has 0 spiro atoms. The van der Waals surface area contributed by atoms with E-state index in [0.717, 1.165) is 37.6 Å². The summed E-state index contributed by atoms with van der Waals surface area (Å²) in [5.41, 5.74) is 3.18. The second kappa shape index (κ2) is 8.80. The van der Waals surface area contributed by atoms with Crippen LogP contribution >= 0.6 is 0 Å². The number of rotatable bonds is 6.